The van der Waals surface area contributed by atoms with Gasteiger partial charge in [0.05, 0.1) is 23.7 Å². The summed E-state index contributed by atoms with van der Waals surface area (Å²) in [6, 6.07) is 20.5. The predicted octanol–water partition coefficient (Wildman–Crippen LogP) is 6.99. The lowest BCUT2D eigenvalue weighted by molar-refractivity contribution is -0.274. The molecule has 13 heteroatoms. The summed E-state index contributed by atoms with van der Waals surface area (Å²) in [6.07, 6.45) is 0.892. The van der Waals surface area contributed by atoms with Gasteiger partial charge in [0.1, 0.15) is 12.1 Å². The Bertz CT molecular complexity index is 1700. The normalized spacial score (nSPS) is 15.9. The average Bonchev–Trinajstić information content (AvgIpc) is 3.60. The van der Waals surface area contributed by atoms with Crippen molar-refractivity contribution < 1.29 is 32.2 Å². The molecule has 1 aliphatic carbocycles. The molecule has 2 aliphatic rings. The van der Waals surface area contributed by atoms with E-state index in [1.54, 1.807) is 0 Å². The fourth-order valence-corrected chi connectivity index (χ4v) is 5.75. The van der Waals surface area contributed by atoms with E-state index in [4.69, 9.17) is 4.74 Å². The quantitative estimate of drug-likeness (QED) is 0.185. The predicted molar refractivity (Wildman–Crippen MR) is 163 cm³/mol. The van der Waals surface area contributed by atoms with Crippen molar-refractivity contribution in [2.24, 2.45) is 10.9 Å². The number of aliphatic imine (C=N–C) groups is 1. The molecule has 2 amide bonds. The van der Waals surface area contributed by atoms with E-state index in [0.29, 0.717) is 23.1 Å². The first kappa shape index (κ1) is 30.4. The first-order valence-corrected chi connectivity index (χ1v) is 15.4. The Morgan fingerprint density at radius 1 is 1.00 bits per heavy atom. The van der Waals surface area contributed by atoms with Crippen LogP contribution in [0.4, 0.5) is 23.7 Å². The minimum absolute atomic E-state index is 0.104. The van der Waals surface area contributed by atoms with Gasteiger partial charge < -0.3 is 9.47 Å². The number of thioether (sulfide) groups is 1. The Morgan fingerprint density at radius 2 is 1.76 bits per heavy atom. The first-order chi connectivity index (χ1) is 21.7. The molecule has 0 bridgehead atoms. The zero-order chi connectivity index (χ0) is 31.4. The molecule has 0 radical (unpaired) electrons. The number of amides is 2. The van der Waals surface area contributed by atoms with Gasteiger partial charge in [0.25, 0.3) is 0 Å². The van der Waals surface area contributed by atoms with E-state index in [1.807, 2.05) is 48.5 Å². The van der Waals surface area contributed by atoms with E-state index in [-0.39, 0.29) is 24.0 Å². The van der Waals surface area contributed by atoms with Gasteiger partial charge in [0.2, 0.25) is 5.91 Å². The van der Waals surface area contributed by atoms with Crippen LogP contribution in [0.2, 0.25) is 0 Å². The zero-order valence-corrected chi connectivity index (χ0v) is 24.8. The van der Waals surface area contributed by atoms with Gasteiger partial charge in [-0.3, -0.25) is 9.69 Å². The highest BCUT2D eigenvalue weighted by Gasteiger charge is 2.33. The SMILES string of the molecule is O=C(/N=C1\SCC(=O)N1c1ccccc1CCC1CC1)OCCc1ccc(-c2ncn(-c3ccc(OC(F)(F)F)cc3)n2)cc1. The molecule has 1 saturated heterocycles. The van der Waals surface area contributed by atoms with Crippen LogP contribution in [0.5, 0.6) is 5.75 Å². The van der Waals surface area contributed by atoms with E-state index < -0.39 is 12.5 Å². The Balaban J connectivity index is 1.03. The van der Waals surface area contributed by atoms with Gasteiger partial charge in [0.15, 0.2) is 11.0 Å². The highest BCUT2D eigenvalue weighted by Crippen LogP contribution is 2.36. The average molecular weight is 636 g/mol. The molecule has 0 N–H and O–H groups in total. The summed E-state index contributed by atoms with van der Waals surface area (Å²) in [6.45, 7) is 0.104. The third-order valence-corrected chi connectivity index (χ3v) is 8.28. The van der Waals surface area contributed by atoms with E-state index in [1.165, 1.54) is 64.8 Å². The van der Waals surface area contributed by atoms with Gasteiger partial charge in [-0.15, -0.1) is 18.3 Å². The Kier molecular flexibility index (Phi) is 8.87. The maximum absolute atomic E-state index is 12.7. The topological polar surface area (TPSA) is 98.9 Å². The summed E-state index contributed by atoms with van der Waals surface area (Å²) in [7, 11) is 0. The third-order valence-electron chi connectivity index (χ3n) is 7.36. The summed E-state index contributed by atoms with van der Waals surface area (Å²) < 4.78 is 47.9. The number of rotatable bonds is 10. The van der Waals surface area contributed by atoms with Gasteiger partial charge >= 0.3 is 12.5 Å². The number of hydrogen-bond acceptors (Lipinski definition) is 7. The summed E-state index contributed by atoms with van der Waals surface area (Å²) in [5.74, 6) is 0.974. The third kappa shape index (κ3) is 7.90. The molecular formula is C32H28F3N5O4S. The number of anilines is 1. The largest absolute Gasteiger partial charge is 0.573 e. The Hall–Kier alpha value is -4.65. The molecule has 4 aromatic rings. The van der Waals surface area contributed by atoms with Gasteiger partial charge in [0, 0.05) is 12.0 Å². The molecule has 0 atom stereocenters. The number of ether oxygens (including phenoxy) is 2. The van der Waals surface area contributed by atoms with Crippen LogP contribution in [0, 0.1) is 5.92 Å². The van der Waals surface area contributed by atoms with Crippen molar-refractivity contribution in [3.8, 4) is 22.8 Å². The van der Waals surface area contributed by atoms with Crippen LogP contribution < -0.4 is 9.64 Å². The lowest BCUT2D eigenvalue weighted by Crippen LogP contribution is -2.30. The highest BCUT2D eigenvalue weighted by atomic mass is 32.2. The summed E-state index contributed by atoms with van der Waals surface area (Å²) in [5.41, 5.74) is 4.01. The van der Waals surface area contributed by atoms with Gasteiger partial charge in [-0.1, -0.05) is 67.1 Å². The highest BCUT2D eigenvalue weighted by molar-refractivity contribution is 8.15. The van der Waals surface area contributed by atoms with Crippen molar-refractivity contribution in [1.82, 2.24) is 14.8 Å². The van der Waals surface area contributed by atoms with Crippen LogP contribution in [0.3, 0.4) is 0 Å². The number of hydrogen-bond donors (Lipinski definition) is 0. The second-order valence-corrected chi connectivity index (χ2v) is 11.6. The van der Waals surface area contributed by atoms with Crippen LogP contribution in [-0.4, -0.2) is 50.7 Å². The number of alkyl halides is 3. The number of carbonyl (C=O) groups excluding carboxylic acids is 2. The number of carbonyl (C=O) groups is 2. The van der Waals surface area contributed by atoms with Crippen LogP contribution in [-0.2, 0) is 22.4 Å². The zero-order valence-electron chi connectivity index (χ0n) is 23.9. The molecule has 1 saturated carbocycles. The molecule has 2 fully saturated rings. The standard InChI is InChI=1S/C32H28F3N5O4S/c33-32(34,35)44-26-15-13-25(14-16-26)39-20-36-29(38-39)24-11-8-22(9-12-24)17-18-43-31(42)37-30-40(28(41)19-45-30)27-4-2-1-3-23(27)10-7-21-5-6-21/h1-4,8-9,11-16,20-21H,5-7,10,17-19H2/b37-30-. The molecule has 0 unspecified atom stereocenters. The fraction of sp³-hybridized carbons (Fsp3) is 0.281. The molecule has 1 aromatic heterocycles. The van der Waals surface area contributed by atoms with Gasteiger partial charge in [-0.25, -0.2) is 14.5 Å². The van der Waals surface area contributed by atoms with Crippen LogP contribution in [0.15, 0.2) is 84.1 Å². The molecular weight excluding hydrogens is 607 g/mol. The molecule has 232 valence electrons. The molecule has 6 rings (SSSR count). The maximum Gasteiger partial charge on any atom is 0.573 e. The number of aryl methyl sites for hydroxylation is 1. The number of halogens is 3. The van der Waals surface area contributed by atoms with Crippen molar-refractivity contribution in [2.45, 2.75) is 38.5 Å². The second-order valence-electron chi connectivity index (χ2n) is 10.6. The lowest BCUT2D eigenvalue weighted by atomic mass is 10.0. The Labute approximate surface area is 261 Å². The van der Waals surface area contributed by atoms with Crippen molar-refractivity contribution in [3.63, 3.8) is 0 Å². The lowest BCUT2D eigenvalue weighted by Gasteiger charge is -2.19. The molecule has 1 aliphatic heterocycles. The number of amidine groups is 1. The van der Waals surface area contributed by atoms with Crippen LogP contribution in [0.1, 0.15) is 30.4 Å². The number of para-hydroxylation sites is 1. The summed E-state index contributed by atoms with van der Waals surface area (Å²) >= 11 is 1.22. The molecule has 0 spiro atoms. The second kappa shape index (κ2) is 13.1. The molecule has 3 aromatic carbocycles. The number of benzene rings is 3. The monoisotopic (exact) mass is 635 g/mol. The minimum atomic E-state index is -4.76. The van der Waals surface area contributed by atoms with Crippen molar-refractivity contribution in [1.29, 1.82) is 0 Å². The number of nitrogens with zero attached hydrogens (tertiary/aromatic N) is 5. The van der Waals surface area contributed by atoms with Crippen LogP contribution in [0.25, 0.3) is 17.1 Å². The van der Waals surface area contributed by atoms with E-state index in [0.717, 1.165) is 41.1 Å². The summed E-state index contributed by atoms with van der Waals surface area (Å²) in [4.78, 5) is 35.3. The minimum Gasteiger partial charge on any atom is -0.448 e. The smallest absolute Gasteiger partial charge is 0.448 e. The number of aromatic nitrogens is 3. The summed E-state index contributed by atoms with van der Waals surface area (Å²) in [5, 5.41) is 4.73. The van der Waals surface area contributed by atoms with Crippen molar-refractivity contribution in [3.05, 3.63) is 90.3 Å². The van der Waals surface area contributed by atoms with Crippen molar-refractivity contribution in [2.75, 3.05) is 17.3 Å². The fourth-order valence-electron chi connectivity index (χ4n) is 4.90. The molecule has 2 heterocycles. The Morgan fingerprint density at radius 3 is 2.49 bits per heavy atom. The van der Waals surface area contributed by atoms with E-state index in [2.05, 4.69) is 19.8 Å². The molecule has 9 nitrogen and oxygen atoms in total. The van der Waals surface area contributed by atoms with Gasteiger partial charge in [-0.2, -0.15) is 4.99 Å². The van der Waals surface area contributed by atoms with E-state index >= 15 is 0 Å². The first-order valence-electron chi connectivity index (χ1n) is 14.4. The molecule has 45 heavy (non-hydrogen) atoms. The van der Waals surface area contributed by atoms with Gasteiger partial charge in [-0.05, 0) is 60.2 Å². The van der Waals surface area contributed by atoms with Crippen molar-refractivity contribution >= 4 is 34.6 Å². The van der Waals surface area contributed by atoms with Crippen LogP contribution >= 0.6 is 11.8 Å². The maximum atomic E-state index is 12.7. The van der Waals surface area contributed by atoms with E-state index in [9.17, 15) is 22.8 Å².